The number of rotatable bonds is 6. The molecule has 0 bridgehead atoms. The van der Waals surface area contributed by atoms with Crippen molar-refractivity contribution in [2.24, 2.45) is 11.7 Å². The number of amides is 2. The summed E-state index contributed by atoms with van der Waals surface area (Å²) in [5, 5.41) is 2.69. The van der Waals surface area contributed by atoms with Gasteiger partial charge in [-0.1, -0.05) is 41.9 Å². The molecule has 4 nitrogen and oxygen atoms in total. The molecule has 0 radical (unpaired) electrons. The quantitative estimate of drug-likeness (QED) is 0.833. The summed E-state index contributed by atoms with van der Waals surface area (Å²) < 4.78 is 1.05. The summed E-state index contributed by atoms with van der Waals surface area (Å²) in [5.41, 5.74) is 7.51. The molecule has 0 aromatic heterocycles. The number of aryl methyl sites for hydroxylation is 2. The monoisotopic (exact) mass is 340 g/mol. The highest BCUT2D eigenvalue weighted by Gasteiger charge is 2.21. The van der Waals surface area contributed by atoms with E-state index in [9.17, 15) is 9.59 Å². The van der Waals surface area contributed by atoms with Crippen LogP contribution in [0.1, 0.15) is 31.4 Å². The van der Waals surface area contributed by atoms with Gasteiger partial charge in [0.25, 0.3) is 0 Å². The molecule has 0 spiro atoms. The van der Waals surface area contributed by atoms with E-state index in [1.807, 2.05) is 39.0 Å². The van der Waals surface area contributed by atoms with Crippen molar-refractivity contribution >= 4 is 27.7 Å². The van der Waals surface area contributed by atoms with Crippen molar-refractivity contribution in [3.8, 4) is 0 Å². The second-order valence-corrected chi connectivity index (χ2v) is 6.13. The largest absolute Gasteiger partial charge is 0.368 e. The van der Waals surface area contributed by atoms with Crippen LogP contribution in [0.25, 0.3) is 0 Å². The normalized spacial score (nSPS) is 12.2. The van der Waals surface area contributed by atoms with Crippen molar-refractivity contribution in [2.45, 2.75) is 39.7 Å². The summed E-state index contributed by atoms with van der Waals surface area (Å²) in [6.07, 6.45) is 0.987. The van der Waals surface area contributed by atoms with Gasteiger partial charge in [0.05, 0.1) is 0 Å². The summed E-state index contributed by atoms with van der Waals surface area (Å²) >= 11 is 3.44. The second-order valence-electron chi connectivity index (χ2n) is 5.28. The number of nitrogens with two attached hydrogens (primary N) is 1. The molecule has 2 amide bonds. The molecular formula is C15H21BrN2O2. The van der Waals surface area contributed by atoms with Crippen molar-refractivity contribution in [3.63, 3.8) is 0 Å². The number of primary amides is 1. The van der Waals surface area contributed by atoms with Gasteiger partial charge in [-0.15, -0.1) is 0 Å². The van der Waals surface area contributed by atoms with Gasteiger partial charge in [-0.05, 0) is 36.5 Å². The van der Waals surface area contributed by atoms with Crippen molar-refractivity contribution in [1.82, 2.24) is 5.32 Å². The third-order valence-electron chi connectivity index (χ3n) is 3.15. The molecule has 3 N–H and O–H groups in total. The lowest BCUT2D eigenvalue weighted by Crippen LogP contribution is -2.47. The topological polar surface area (TPSA) is 72.2 Å². The van der Waals surface area contributed by atoms with Gasteiger partial charge in [0.2, 0.25) is 11.8 Å². The molecule has 1 rings (SSSR count). The molecule has 0 aliphatic carbocycles. The maximum absolute atomic E-state index is 11.9. The van der Waals surface area contributed by atoms with Gasteiger partial charge < -0.3 is 11.1 Å². The molecular weight excluding hydrogens is 320 g/mol. The Kier molecular flexibility index (Phi) is 6.20. The fourth-order valence-corrected chi connectivity index (χ4v) is 2.18. The fourth-order valence-electron chi connectivity index (χ4n) is 1.93. The van der Waals surface area contributed by atoms with E-state index >= 15 is 0 Å². The number of benzene rings is 1. The minimum absolute atomic E-state index is 0.00799. The van der Waals surface area contributed by atoms with Gasteiger partial charge in [0.15, 0.2) is 0 Å². The predicted octanol–water partition coefficient (Wildman–Crippen LogP) is 2.32. The standard InChI is InChI=1S/C15H21BrN2O2/c1-9(2)14(15(17)20)18-13(19)7-5-11-4-6-12(16)10(3)8-11/h4,6,8-9,14H,5,7H2,1-3H3,(H2,17,20)(H,18,19). The predicted molar refractivity (Wildman–Crippen MR) is 83.2 cm³/mol. The Morgan fingerprint density at radius 3 is 2.50 bits per heavy atom. The Labute approximate surface area is 128 Å². The lowest BCUT2D eigenvalue weighted by molar-refractivity contribution is -0.128. The van der Waals surface area contributed by atoms with Gasteiger partial charge in [0.1, 0.15) is 6.04 Å². The zero-order valence-electron chi connectivity index (χ0n) is 12.1. The van der Waals surface area contributed by atoms with E-state index in [0.717, 1.165) is 15.6 Å². The lowest BCUT2D eigenvalue weighted by Gasteiger charge is -2.18. The van der Waals surface area contributed by atoms with Gasteiger partial charge in [-0.3, -0.25) is 9.59 Å². The third kappa shape index (κ3) is 4.96. The van der Waals surface area contributed by atoms with Gasteiger partial charge in [-0.25, -0.2) is 0 Å². The van der Waals surface area contributed by atoms with E-state index in [2.05, 4.69) is 21.2 Å². The van der Waals surface area contributed by atoms with E-state index in [-0.39, 0.29) is 11.8 Å². The number of carbonyl (C=O) groups excluding carboxylic acids is 2. The Balaban J connectivity index is 2.54. The average Bonchev–Trinajstić information content (AvgIpc) is 2.36. The molecule has 0 heterocycles. The van der Waals surface area contributed by atoms with Crippen LogP contribution in [-0.2, 0) is 16.0 Å². The molecule has 1 unspecified atom stereocenters. The lowest BCUT2D eigenvalue weighted by atomic mass is 10.0. The highest BCUT2D eigenvalue weighted by atomic mass is 79.9. The van der Waals surface area contributed by atoms with Crippen LogP contribution in [0.3, 0.4) is 0 Å². The average molecular weight is 341 g/mol. The van der Waals surface area contributed by atoms with E-state index < -0.39 is 11.9 Å². The smallest absolute Gasteiger partial charge is 0.240 e. The summed E-state index contributed by atoms with van der Waals surface area (Å²) in [6, 6.07) is 5.40. The third-order valence-corrected chi connectivity index (χ3v) is 4.04. The highest BCUT2D eigenvalue weighted by Crippen LogP contribution is 2.17. The molecule has 5 heteroatoms. The molecule has 1 atom stereocenters. The molecule has 0 saturated carbocycles. The van der Waals surface area contributed by atoms with Crippen LogP contribution in [0.4, 0.5) is 0 Å². The molecule has 0 fully saturated rings. The summed E-state index contributed by atoms with van der Waals surface area (Å²) in [6.45, 7) is 5.72. The summed E-state index contributed by atoms with van der Waals surface area (Å²) in [5.74, 6) is -0.651. The number of hydrogen-bond acceptors (Lipinski definition) is 2. The van der Waals surface area contributed by atoms with Gasteiger partial charge in [0, 0.05) is 10.9 Å². The zero-order valence-corrected chi connectivity index (χ0v) is 13.7. The van der Waals surface area contributed by atoms with Crippen LogP contribution in [-0.4, -0.2) is 17.9 Å². The van der Waals surface area contributed by atoms with E-state index in [1.54, 1.807) is 0 Å². The molecule has 0 saturated heterocycles. The van der Waals surface area contributed by atoms with Crippen molar-refractivity contribution < 1.29 is 9.59 Å². The van der Waals surface area contributed by atoms with Gasteiger partial charge >= 0.3 is 0 Å². The number of nitrogens with one attached hydrogen (secondary N) is 1. The minimum Gasteiger partial charge on any atom is -0.368 e. The Bertz CT molecular complexity index is 501. The minimum atomic E-state index is -0.603. The SMILES string of the molecule is Cc1cc(CCC(=O)NC(C(N)=O)C(C)C)ccc1Br. The first kappa shape index (κ1) is 16.7. The number of halogens is 1. The number of carbonyl (C=O) groups is 2. The zero-order chi connectivity index (χ0) is 15.3. The van der Waals surface area contributed by atoms with Crippen molar-refractivity contribution in [1.29, 1.82) is 0 Å². The van der Waals surface area contributed by atoms with E-state index in [1.165, 1.54) is 0 Å². The van der Waals surface area contributed by atoms with Crippen LogP contribution < -0.4 is 11.1 Å². The summed E-state index contributed by atoms with van der Waals surface area (Å²) in [4.78, 5) is 23.1. The Morgan fingerprint density at radius 1 is 1.35 bits per heavy atom. The molecule has 1 aromatic rings. The summed E-state index contributed by atoms with van der Waals surface area (Å²) in [7, 11) is 0. The van der Waals surface area contributed by atoms with Crippen molar-refractivity contribution in [3.05, 3.63) is 33.8 Å². The Hall–Kier alpha value is -1.36. The first-order chi connectivity index (χ1) is 9.31. The molecule has 0 aliphatic heterocycles. The van der Waals surface area contributed by atoms with E-state index in [0.29, 0.717) is 12.8 Å². The van der Waals surface area contributed by atoms with Crippen LogP contribution >= 0.6 is 15.9 Å². The molecule has 20 heavy (non-hydrogen) atoms. The first-order valence-corrected chi connectivity index (χ1v) is 7.44. The van der Waals surface area contributed by atoms with Crippen molar-refractivity contribution in [2.75, 3.05) is 0 Å². The highest BCUT2D eigenvalue weighted by molar-refractivity contribution is 9.10. The van der Waals surface area contributed by atoms with Crippen LogP contribution in [0.5, 0.6) is 0 Å². The maximum atomic E-state index is 11.9. The maximum Gasteiger partial charge on any atom is 0.240 e. The molecule has 1 aromatic carbocycles. The number of hydrogen-bond donors (Lipinski definition) is 2. The molecule has 110 valence electrons. The van der Waals surface area contributed by atoms with Gasteiger partial charge in [-0.2, -0.15) is 0 Å². The van der Waals surface area contributed by atoms with Crippen LogP contribution in [0, 0.1) is 12.8 Å². The Morgan fingerprint density at radius 2 is 2.00 bits per heavy atom. The fraction of sp³-hybridized carbons (Fsp3) is 0.467. The molecule has 0 aliphatic rings. The van der Waals surface area contributed by atoms with Crippen LogP contribution in [0.2, 0.25) is 0 Å². The van der Waals surface area contributed by atoms with E-state index in [4.69, 9.17) is 5.73 Å². The first-order valence-electron chi connectivity index (χ1n) is 6.65. The second kappa shape index (κ2) is 7.43. The van der Waals surface area contributed by atoms with Crippen LogP contribution in [0.15, 0.2) is 22.7 Å².